The number of nitrogens with one attached hydrogen (secondary N) is 1. The molecule has 1 rings (SSSR count). The van der Waals surface area contributed by atoms with E-state index in [1.165, 1.54) is 12.1 Å². The summed E-state index contributed by atoms with van der Waals surface area (Å²) in [5.41, 5.74) is 5.51. The molecule has 0 saturated heterocycles. The number of ether oxygens (including phenoxy) is 1. The van der Waals surface area contributed by atoms with E-state index in [-0.39, 0.29) is 10.9 Å². The molecule has 0 bridgehead atoms. The maximum atomic E-state index is 11.9. The van der Waals surface area contributed by atoms with Crippen LogP contribution in [0.4, 0.5) is 18.9 Å². The SMILES string of the molecule is NC(=S)Nc1cc(OC(F)(F)F)ccc1Br. The number of halogens is 4. The van der Waals surface area contributed by atoms with Crippen LogP contribution in [0, 0.1) is 0 Å². The summed E-state index contributed by atoms with van der Waals surface area (Å²) in [6.07, 6.45) is -4.73. The molecule has 1 aromatic rings. The number of hydrogen-bond donors (Lipinski definition) is 2. The van der Waals surface area contributed by atoms with Crippen LogP contribution >= 0.6 is 28.1 Å². The van der Waals surface area contributed by atoms with Gasteiger partial charge in [0.25, 0.3) is 0 Å². The van der Waals surface area contributed by atoms with Gasteiger partial charge in [0, 0.05) is 10.5 Å². The Labute approximate surface area is 103 Å². The molecule has 0 atom stereocenters. The number of anilines is 1. The van der Waals surface area contributed by atoms with Gasteiger partial charge >= 0.3 is 6.36 Å². The van der Waals surface area contributed by atoms with Crippen LogP contribution in [-0.4, -0.2) is 11.5 Å². The summed E-state index contributed by atoms with van der Waals surface area (Å²) in [6.45, 7) is 0. The Morgan fingerprint density at radius 3 is 2.56 bits per heavy atom. The fourth-order valence-corrected chi connectivity index (χ4v) is 1.39. The first-order chi connectivity index (χ1) is 7.28. The Hall–Kier alpha value is -1.02. The van der Waals surface area contributed by atoms with Gasteiger partial charge in [-0.15, -0.1) is 13.2 Å². The van der Waals surface area contributed by atoms with Crippen molar-refractivity contribution in [3.05, 3.63) is 22.7 Å². The van der Waals surface area contributed by atoms with E-state index in [4.69, 9.17) is 5.73 Å². The summed E-state index contributed by atoms with van der Waals surface area (Å²) in [5.74, 6) is -0.352. The van der Waals surface area contributed by atoms with Crippen LogP contribution in [0.1, 0.15) is 0 Å². The zero-order valence-electron chi connectivity index (χ0n) is 7.64. The van der Waals surface area contributed by atoms with Gasteiger partial charge in [-0.25, -0.2) is 0 Å². The normalized spacial score (nSPS) is 11.0. The van der Waals surface area contributed by atoms with E-state index < -0.39 is 6.36 Å². The van der Waals surface area contributed by atoms with Crippen LogP contribution in [0.25, 0.3) is 0 Å². The van der Waals surface area contributed by atoms with Crippen LogP contribution in [0.5, 0.6) is 5.75 Å². The van der Waals surface area contributed by atoms with Crippen molar-refractivity contribution >= 4 is 38.9 Å². The first-order valence-corrected chi connectivity index (χ1v) is 5.10. The third kappa shape index (κ3) is 4.23. The highest BCUT2D eigenvalue weighted by atomic mass is 79.9. The Balaban J connectivity index is 2.93. The monoisotopic (exact) mass is 314 g/mol. The van der Waals surface area contributed by atoms with Crippen molar-refractivity contribution in [1.29, 1.82) is 0 Å². The lowest BCUT2D eigenvalue weighted by Crippen LogP contribution is -2.20. The molecule has 88 valence electrons. The molecule has 0 aliphatic carbocycles. The zero-order valence-corrected chi connectivity index (χ0v) is 10.0. The van der Waals surface area contributed by atoms with Gasteiger partial charge in [-0.3, -0.25) is 0 Å². The summed E-state index contributed by atoms with van der Waals surface area (Å²) in [6, 6.07) is 3.70. The number of nitrogens with two attached hydrogens (primary N) is 1. The van der Waals surface area contributed by atoms with Crippen molar-refractivity contribution in [3.8, 4) is 5.75 Å². The fraction of sp³-hybridized carbons (Fsp3) is 0.125. The maximum Gasteiger partial charge on any atom is 0.573 e. The predicted octanol–water partition coefficient (Wildman–Crippen LogP) is 3.00. The maximum absolute atomic E-state index is 11.9. The summed E-state index contributed by atoms with van der Waals surface area (Å²) in [5, 5.41) is 2.46. The fourth-order valence-electron chi connectivity index (χ4n) is 0.930. The van der Waals surface area contributed by atoms with Crippen molar-refractivity contribution in [2.75, 3.05) is 5.32 Å². The molecule has 0 fully saturated rings. The molecule has 1 aromatic carbocycles. The van der Waals surface area contributed by atoms with E-state index in [0.717, 1.165) is 6.07 Å². The molecular formula is C8H6BrF3N2OS. The summed E-state index contributed by atoms with van der Waals surface area (Å²) < 4.78 is 40.1. The second kappa shape index (κ2) is 4.88. The van der Waals surface area contributed by atoms with E-state index in [0.29, 0.717) is 10.2 Å². The minimum Gasteiger partial charge on any atom is -0.406 e. The second-order valence-electron chi connectivity index (χ2n) is 2.68. The molecule has 8 heteroatoms. The molecule has 0 spiro atoms. The number of rotatable bonds is 2. The standard InChI is InChI=1S/C8H6BrF3N2OS/c9-5-2-1-4(15-8(10,11)12)3-6(5)14-7(13)16/h1-3H,(H3,13,14,16). The van der Waals surface area contributed by atoms with E-state index in [2.05, 4.69) is 38.2 Å². The van der Waals surface area contributed by atoms with E-state index in [1.807, 2.05) is 0 Å². The van der Waals surface area contributed by atoms with Crippen molar-refractivity contribution in [2.45, 2.75) is 6.36 Å². The Morgan fingerprint density at radius 1 is 1.44 bits per heavy atom. The Kier molecular flexibility index (Phi) is 3.98. The lowest BCUT2D eigenvalue weighted by Gasteiger charge is -2.11. The largest absolute Gasteiger partial charge is 0.573 e. The molecule has 0 amide bonds. The molecule has 16 heavy (non-hydrogen) atoms. The molecular weight excluding hydrogens is 309 g/mol. The topological polar surface area (TPSA) is 47.3 Å². The predicted molar refractivity (Wildman–Crippen MR) is 61.2 cm³/mol. The Bertz CT molecular complexity index is 411. The smallest absolute Gasteiger partial charge is 0.406 e. The minimum atomic E-state index is -4.73. The third-order valence-corrected chi connectivity index (χ3v) is 2.22. The van der Waals surface area contributed by atoms with Crippen LogP contribution in [0.3, 0.4) is 0 Å². The highest BCUT2D eigenvalue weighted by Gasteiger charge is 2.31. The zero-order chi connectivity index (χ0) is 12.3. The van der Waals surface area contributed by atoms with Gasteiger partial charge in [-0.2, -0.15) is 0 Å². The van der Waals surface area contributed by atoms with Crippen LogP contribution in [0.2, 0.25) is 0 Å². The number of benzene rings is 1. The summed E-state index contributed by atoms with van der Waals surface area (Å²) >= 11 is 7.70. The van der Waals surface area contributed by atoms with Crippen LogP contribution in [0.15, 0.2) is 22.7 Å². The summed E-state index contributed by atoms with van der Waals surface area (Å²) in [4.78, 5) is 0. The highest BCUT2D eigenvalue weighted by molar-refractivity contribution is 9.10. The average Bonchev–Trinajstić information content (AvgIpc) is 2.07. The first kappa shape index (κ1) is 13.0. The van der Waals surface area contributed by atoms with Gasteiger partial charge in [-0.05, 0) is 40.3 Å². The van der Waals surface area contributed by atoms with E-state index in [1.54, 1.807) is 0 Å². The highest BCUT2D eigenvalue weighted by Crippen LogP contribution is 2.30. The van der Waals surface area contributed by atoms with E-state index in [9.17, 15) is 13.2 Å². The number of alkyl halides is 3. The van der Waals surface area contributed by atoms with Crippen molar-refractivity contribution in [3.63, 3.8) is 0 Å². The third-order valence-electron chi connectivity index (χ3n) is 1.43. The van der Waals surface area contributed by atoms with Crippen molar-refractivity contribution in [2.24, 2.45) is 5.73 Å². The molecule has 0 heterocycles. The van der Waals surface area contributed by atoms with Gasteiger partial charge in [0.1, 0.15) is 5.75 Å². The van der Waals surface area contributed by atoms with Crippen molar-refractivity contribution < 1.29 is 17.9 Å². The molecule has 0 saturated carbocycles. The quantitative estimate of drug-likeness (QED) is 0.824. The lowest BCUT2D eigenvalue weighted by molar-refractivity contribution is -0.274. The van der Waals surface area contributed by atoms with E-state index >= 15 is 0 Å². The van der Waals surface area contributed by atoms with Crippen molar-refractivity contribution in [1.82, 2.24) is 0 Å². The Morgan fingerprint density at radius 2 is 2.06 bits per heavy atom. The molecule has 0 unspecified atom stereocenters. The van der Waals surface area contributed by atoms with Crippen LogP contribution < -0.4 is 15.8 Å². The molecule has 0 aromatic heterocycles. The molecule has 3 nitrogen and oxygen atoms in total. The lowest BCUT2D eigenvalue weighted by atomic mass is 10.3. The minimum absolute atomic E-state index is 0.0511. The average molecular weight is 315 g/mol. The molecule has 3 N–H and O–H groups in total. The second-order valence-corrected chi connectivity index (χ2v) is 3.97. The van der Waals surface area contributed by atoms with Gasteiger partial charge in [-0.1, -0.05) is 0 Å². The summed E-state index contributed by atoms with van der Waals surface area (Å²) in [7, 11) is 0. The van der Waals surface area contributed by atoms with Gasteiger partial charge in [0.2, 0.25) is 0 Å². The molecule has 0 aliphatic rings. The number of hydrogen-bond acceptors (Lipinski definition) is 2. The van der Waals surface area contributed by atoms with Crippen LogP contribution in [-0.2, 0) is 0 Å². The molecule has 0 radical (unpaired) electrons. The first-order valence-electron chi connectivity index (χ1n) is 3.90. The van der Waals surface area contributed by atoms with Gasteiger partial charge < -0.3 is 15.8 Å². The van der Waals surface area contributed by atoms with Gasteiger partial charge in [0.05, 0.1) is 5.69 Å². The van der Waals surface area contributed by atoms with Gasteiger partial charge in [0.15, 0.2) is 5.11 Å². The number of thiocarbonyl (C=S) groups is 1. The molecule has 0 aliphatic heterocycles.